The van der Waals surface area contributed by atoms with E-state index in [1.807, 2.05) is 6.92 Å². The molecular weight excluding hydrogens is 461 g/mol. The van der Waals surface area contributed by atoms with Crippen molar-refractivity contribution in [2.45, 2.75) is 18.2 Å². The Bertz CT molecular complexity index is 1050. The van der Waals surface area contributed by atoms with Crippen molar-refractivity contribution >= 4 is 45.0 Å². The molecule has 2 aromatic rings. The number of carbonyl (C=O) groups is 2. The van der Waals surface area contributed by atoms with Crippen LogP contribution >= 0.6 is 23.2 Å². The fourth-order valence-electron chi connectivity index (χ4n) is 3.27. The first-order chi connectivity index (χ1) is 14.7. The van der Waals surface area contributed by atoms with Crippen LogP contribution in [0, 0.1) is 6.92 Å². The summed E-state index contributed by atoms with van der Waals surface area (Å²) < 4.78 is 27.1. The van der Waals surface area contributed by atoms with Gasteiger partial charge in [-0.3, -0.25) is 9.59 Å². The summed E-state index contributed by atoms with van der Waals surface area (Å²) in [6.07, 6.45) is 0.0446. The maximum absolute atomic E-state index is 12.6. The average Bonchev–Trinajstić information content (AvgIpc) is 2.72. The zero-order chi connectivity index (χ0) is 22.6. The van der Waals surface area contributed by atoms with Crippen LogP contribution in [-0.2, 0) is 14.8 Å². The number of piperazine rings is 1. The van der Waals surface area contributed by atoms with Crippen molar-refractivity contribution in [2.75, 3.05) is 32.7 Å². The van der Waals surface area contributed by atoms with Gasteiger partial charge < -0.3 is 9.80 Å². The van der Waals surface area contributed by atoms with Crippen LogP contribution in [0.5, 0.6) is 0 Å². The molecule has 0 aromatic heterocycles. The lowest BCUT2D eigenvalue weighted by Crippen LogP contribution is -2.51. The molecule has 1 aliphatic heterocycles. The molecule has 31 heavy (non-hydrogen) atoms. The van der Waals surface area contributed by atoms with E-state index in [1.54, 1.807) is 40.1 Å². The van der Waals surface area contributed by atoms with E-state index in [0.717, 1.165) is 5.56 Å². The number of nitrogens with one attached hydrogen (secondary N) is 1. The first kappa shape index (κ1) is 23.5. The highest BCUT2D eigenvalue weighted by Crippen LogP contribution is 2.21. The van der Waals surface area contributed by atoms with E-state index >= 15 is 0 Å². The number of amides is 2. The largest absolute Gasteiger partial charge is 0.339 e. The SMILES string of the molecule is Cc1ccc(S(=O)(=O)NCCC(=O)N2CCN(C(=O)c3cc(Cl)cc(Cl)c3)CC2)cc1. The summed E-state index contributed by atoms with van der Waals surface area (Å²) in [4.78, 5) is 28.5. The Balaban J connectivity index is 1.48. The minimum absolute atomic E-state index is 0.00913. The van der Waals surface area contributed by atoms with E-state index in [4.69, 9.17) is 23.2 Å². The maximum Gasteiger partial charge on any atom is 0.254 e. The second-order valence-electron chi connectivity index (χ2n) is 7.29. The number of nitrogens with zero attached hydrogens (tertiary/aromatic N) is 2. The average molecular weight is 484 g/mol. The first-order valence-electron chi connectivity index (χ1n) is 9.75. The summed E-state index contributed by atoms with van der Waals surface area (Å²) in [5, 5.41) is 0.774. The van der Waals surface area contributed by atoms with E-state index in [-0.39, 0.29) is 29.7 Å². The zero-order valence-electron chi connectivity index (χ0n) is 17.0. The van der Waals surface area contributed by atoms with Crippen LogP contribution in [-0.4, -0.2) is 62.8 Å². The third-order valence-electron chi connectivity index (χ3n) is 4.99. The summed E-state index contributed by atoms with van der Waals surface area (Å²) in [6, 6.07) is 11.2. The zero-order valence-corrected chi connectivity index (χ0v) is 19.3. The van der Waals surface area contributed by atoms with E-state index < -0.39 is 10.0 Å². The molecule has 10 heteroatoms. The lowest BCUT2D eigenvalue weighted by molar-refractivity contribution is -0.132. The van der Waals surface area contributed by atoms with Gasteiger partial charge in [0.05, 0.1) is 4.90 Å². The van der Waals surface area contributed by atoms with Crippen molar-refractivity contribution in [3.63, 3.8) is 0 Å². The van der Waals surface area contributed by atoms with E-state index in [2.05, 4.69) is 4.72 Å². The van der Waals surface area contributed by atoms with Gasteiger partial charge in [-0.15, -0.1) is 0 Å². The van der Waals surface area contributed by atoms with Gasteiger partial charge >= 0.3 is 0 Å². The van der Waals surface area contributed by atoms with Crippen LogP contribution in [0.3, 0.4) is 0 Å². The van der Waals surface area contributed by atoms with Gasteiger partial charge in [0.2, 0.25) is 15.9 Å². The van der Waals surface area contributed by atoms with Crippen molar-refractivity contribution in [1.82, 2.24) is 14.5 Å². The number of hydrogen-bond donors (Lipinski definition) is 1. The Morgan fingerprint density at radius 1 is 0.935 bits per heavy atom. The van der Waals surface area contributed by atoms with Gasteiger partial charge in [0.15, 0.2) is 0 Å². The minimum Gasteiger partial charge on any atom is -0.339 e. The van der Waals surface area contributed by atoms with E-state index in [0.29, 0.717) is 41.8 Å². The lowest BCUT2D eigenvalue weighted by Gasteiger charge is -2.35. The number of aryl methyl sites for hydroxylation is 1. The van der Waals surface area contributed by atoms with Crippen LogP contribution in [0.2, 0.25) is 10.0 Å². The molecule has 0 saturated carbocycles. The Labute approximate surface area is 192 Å². The third-order valence-corrected chi connectivity index (χ3v) is 6.90. The van der Waals surface area contributed by atoms with Crippen LogP contribution in [0.25, 0.3) is 0 Å². The molecule has 0 unspecified atom stereocenters. The van der Waals surface area contributed by atoms with Gasteiger partial charge in [-0.25, -0.2) is 13.1 Å². The molecule has 0 aliphatic carbocycles. The van der Waals surface area contributed by atoms with E-state index in [1.165, 1.54) is 12.1 Å². The van der Waals surface area contributed by atoms with Crippen LogP contribution in [0.4, 0.5) is 0 Å². The van der Waals surface area contributed by atoms with Crippen LogP contribution in [0.15, 0.2) is 47.4 Å². The van der Waals surface area contributed by atoms with Crippen LogP contribution < -0.4 is 4.72 Å². The van der Waals surface area contributed by atoms with Gasteiger partial charge in [-0.05, 0) is 37.3 Å². The Kier molecular flexibility index (Phi) is 7.59. The summed E-state index contributed by atoms with van der Waals surface area (Å²) >= 11 is 11.9. The maximum atomic E-state index is 12.6. The molecule has 1 saturated heterocycles. The molecule has 0 spiro atoms. The number of halogens is 2. The molecule has 3 rings (SSSR count). The minimum atomic E-state index is -3.66. The molecule has 0 bridgehead atoms. The van der Waals surface area contributed by atoms with Crippen molar-refractivity contribution in [3.8, 4) is 0 Å². The monoisotopic (exact) mass is 483 g/mol. The predicted octanol–water partition coefficient (Wildman–Crippen LogP) is 2.95. The Hall–Kier alpha value is -2.13. The molecule has 0 atom stereocenters. The van der Waals surface area contributed by atoms with Gasteiger partial charge in [0, 0.05) is 54.8 Å². The number of carbonyl (C=O) groups excluding carboxylic acids is 2. The number of hydrogen-bond acceptors (Lipinski definition) is 4. The lowest BCUT2D eigenvalue weighted by atomic mass is 10.1. The van der Waals surface area contributed by atoms with E-state index in [9.17, 15) is 18.0 Å². The predicted molar refractivity (Wildman–Crippen MR) is 120 cm³/mol. The van der Waals surface area contributed by atoms with Gasteiger partial charge in [0.25, 0.3) is 5.91 Å². The molecule has 7 nitrogen and oxygen atoms in total. The highest BCUT2D eigenvalue weighted by Gasteiger charge is 2.25. The Morgan fingerprint density at radius 2 is 1.48 bits per heavy atom. The second-order valence-corrected chi connectivity index (χ2v) is 9.93. The number of benzene rings is 2. The van der Waals surface area contributed by atoms with Crippen molar-refractivity contribution < 1.29 is 18.0 Å². The van der Waals surface area contributed by atoms with Gasteiger partial charge in [-0.1, -0.05) is 40.9 Å². The molecule has 1 N–H and O–H groups in total. The van der Waals surface area contributed by atoms with Gasteiger partial charge in [-0.2, -0.15) is 0 Å². The molecule has 166 valence electrons. The van der Waals surface area contributed by atoms with Gasteiger partial charge in [0.1, 0.15) is 0 Å². The summed E-state index contributed by atoms with van der Waals surface area (Å²) in [7, 11) is -3.66. The van der Waals surface area contributed by atoms with Crippen LogP contribution in [0.1, 0.15) is 22.3 Å². The fraction of sp³-hybridized carbons (Fsp3) is 0.333. The third kappa shape index (κ3) is 6.20. The molecule has 1 heterocycles. The quantitative estimate of drug-likeness (QED) is 0.683. The van der Waals surface area contributed by atoms with Crippen molar-refractivity contribution in [1.29, 1.82) is 0 Å². The van der Waals surface area contributed by atoms with Crippen molar-refractivity contribution in [2.24, 2.45) is 0 Å². The smallest absolute Gasteiger partial charge is 0.254 e. The summed E-state index contributed by atoms with van der Waals surface area (Å²) in [5.74, 6) is -0.355. The first-order valence-corrected chi connectivity index (χ1v) is 12.0. The summed E-state index contributed by atoms with van der Waals surface area (Å²) in [5.41, 5.74) is 1.37. The highest BCUT2D eigenvalue weighted by atomic mass is 35.5. The molecule has 1 fully saturated rings. The highest BCUT2D eigenvalue weighted by molar-refractivity contribution is 7.89. The molecule has 0 radical (unpaired) electrons. The second kappa shape index (κ2) is 9.99. The molecule has 2 amide bonds. The Morgan fingerprint density at radius 3 is 2.06 bits per heavy atom. The number of sulfonamides is 1. The topological polar surface area (TPSA) is 86.8 Å². The molecular formula is C21H23Cl2N3O4S. The summed E-state index contributed by atoms with van der Waals surface area (Å²) in [6.45, 7) is 3.40. The molecule has 2 aromatic carbocycles. The number of rotatable bonds is 6. The molecule has 1 aliphatic rings. The van der Waals surface area contributed by atoms with Crippen molar-refractivity contribution in [3.05, 3.63) is 63.6 Å². The standard InChI is InChI=1S/C21H23Cl2N3O4S/c1-15-2-4-19(5-3-15)31(29,30)24-7-6-20(27)25-8-10-26(11-9-25)21(28)16-12-17(22)14-18(23)13-16/h2-5,12-14,24H,6-11H2,1H3. The fourth-order valence-corrected chi connectivity index (χ4v) is 4.83. The normalized spacial score (nSPS) is 14.5.